The second kappa shape index (κ2) is 14.7. The molecule has 0 spiro atoms. The summed E-state index contributed by atoms with van der Waals surface area (Å²) in [6.45, 7) is 0.932. The van der Waals surface area contributed by atoms with E-state index in [1.54, 1.807) is 77.0 Å². The predicted octanol–water partition coefficient (Wildman–Crippen LogP) is 3.96. The van der Waals surface area contributed by atoms with E-state index < -0.39 is 12.1 Å². The fraction of sp³-hybridized carbons (Fsp3) is 0.300. The fourth-order valence-electron chi connectivity index (χ4n) is 3.82. The number of nitrogens with one attached hydrogen (secondary N) is 1. The van der Waals surface area contributed by atoms with Crippen molar-refractivity contribution in [2.75, 3.05) is 48.7 Å². The SMILES string of the molecule is COC(=O)C(=Cc1ccc(OC)cc1OC)c1ccc(OCC(O)CNCc2ccc(OC)cc2OC)cc1. The van der Waals surface area contributed by atoms with Crippen LogP contribution in [0.4, 0.5) is 0 Å². The number of esters is 1. The van der Waals surface area contributed by atoms with Gasteiger partial charge in [0.25, 0.3) is 0 Å². The topological polar surface area (TPSA) is 105 Å². The molecule has 0 saturated heterocycles. The molecule has 9 heteroatoms. The Morgan fingerprint density at radius 1 is 0.821 bits per heavy atom. The van der Waals surface area contributed by atoms with Gasteiger partial charge in [0.1, 0.15) is 41.5 Å². The normalized spacial score (nSPS) is 11.9. The molecule has 3 aromatic carbocycles. The zero-order valence-corrected chi connectivity index (χ0v) is 22.9. The fourth-order valence-corrected chi connectivity index (χ4v) is 3.82. The third-order valence-corrected chi connectivity index (χ3v) is 5.94. The number of rotatable bonds is 14. The monoisotopic (exact) mass is 537 g/mol. The largest absolute Gasteiger partial charge is 0.497 e. The molecule has 3 rings (SSSR count). The Labute approximate surface area is 228 Å². The standard InChI is InChI=1S/C30H35NO8/c1-34-25-12-8-21(28(15-25)36-3)14-27(30(33)38-5)20-6-10-24(11-7-20)39-19-23(32)18-31-17-22-9-13-26(35-2)16-29(22)37-4/h6-16,23,31-32H,17-19H2,1-5H3. The van der Waals surface area contributed by atoms with Gasteiger partial charge in [0, 0.05) is 36.3 Å². The predicted molar refractivity (Wildman–Crippen MR) is 149 cm³/mol. The molecule has 0 bridgehead atoms. The molecule has 208 valence electrons. The molecule has 0 aliphatic carbocycles. The first-order chi connectivity index (χ1) is 18.9. The van der Waals surface area contributed by atoms with E-state index >= 15 is 0 Å². The summed E-state index contributed by atoms with van der Waals surface area (Å²) < 4.78 is 32.1. The number of aliphatic hydroxyl groups is 1. The number of benzene rings is 3. The van der Waals surface area contributed by atoms with Crippen molar-refractivity contribution in [3.8, 4) is 28.7 Å². The number of hydrogen-bond acceptors (Lipinski definition) is 9. The van der Waals surface area contributed by atoms with Crippen molar-refractivity contribution in [3.63, 3.8) is 0 Å². The van der Waals surface area contributed by atoms with Crippen molar-refractivity contribution in [3.05, 3.63) is 77.4 Å². The minimum absolute atomic E-state index is 0.0921. The van der Waals surface area contributed by atoms with Gasteiger partial charge >= 0.3 is 5.97 Å². The van der Waals surface area contributed by atoms with Gasteiger partial charge in [0.2, 0.25) is 0 Å². The van der Waals surface area contributed by atoms with E-state index in [4.69, 9.17) is 28.4 Å². The van der Waals surface area contributed by atoms with Crippen LogP contribution in [0.5, 0.6) is 28.7 Å². The number of ether oxygens (including phenoxy) is 6. The second-order valence-electron chi connectivity index (χ2n) is 8.46. The first kappa shape index (κ1) is 29.3. The van der Waals surface area contributed by atoms with Gasteiger partial charge in [-0.3, -0.25) is 0 Å². The van der Waals surface area contributed by atoms with Crippen LogP contribution < -0.4 is 29.0 Å². The van der Waals surface area contributed by atoms with Gasteiger partial charge in [-0.15, -0.1) is 0 Å². The Morgan fingerprint density at radius 3 is 2.05 bits per heavy atom. The highest BCUT2D eigenvalue weighted by atomic mass is 16.5. The number of carbonyl (C=O) groups is 1. The lowest BCUT2D eigenvalue weighted by molar-refractivity contribution is -0.133. The van der Waals surface area contributed by atoms with E-state index in [1.165, 1.54) is 7.11 Å². The zero-order valence-electron chi connectivity index (χ0n) is 22.9. The van der Waals surface area contributed by atoms with Gasteiger partial charge in [-0.05, 0) is 42.0 Å². The van der Waals surface area contributed by atoms with E-state index in [2.05, 4.69) is 5.32 Å². The Hall–Kier alpha value is -4.21. The molecule has 3 aromatic rings. The van der Waals surface area contributed by atoms with Gasteiger partial charge in [0.15, 0.2) is 0 Å². The molecule has 2 N–H and O–H groups in total. The van der Waals surface area contributed by atoms with Crippen LogP contribution >= 0.6 is 0 Å². The summed E-state index contributed by atoms with van der Waals surface area (Å²) in [5.74, 6) is 2.69. The van der Waals surface area contributed by atoms with Gasteiger partial charge in [-0.2, -0.15) is 0 Å². The highest BCUT2D eigenvalue weighted by Crippen LogP contribution is 2.30. The molecule has 0 saturated carbocycles. The molecule has 0 aliphatic heterocycles. The first-order valence-electron chi connectivity index (χ1n) is 12.3. The Bertz CT molecular complexity index is 1260. The third kappa shape index (κ3) is 8.13. The van der Waals surface area contributed by atoms with E-state index in [0.717, 1.165) is 5.56 Å². The highest BCUT2D eigenvalue weighted by molar-refractivity contribution is 6.21. The maximum absolute atomic E-state index is 12.6. The molecule has 1 unspecified atom stereocenters. The van der Waals surface area contributed by atoms with Crippen LogP contribution in [0.15, 0.2) is 60.7 Å². The minimum atomic E-state index is -0.734. The summed E-state index contributed by atoms with van der Waals surface area (Å²) in [6.07, 6.45) is 0.967. The lowest BCUT2D eigenvalue weighted by Crippen LogP contribution is -2.31. The average Bonchev–Trinajstić information content (AvgIpc) is 2.98. The molecule has 0 aliphatic rings. The smallest absolute Gasteiger partial charge is 0.338 e. The van der Waals surface area contributed by atoms with Crippen LogP contribution in [0.25, 0.3) is 11.6 Å². The van der Waals surface area contributed by atoms with Crippen LogP contribution in [0.2, 0.25) is 0 Å². The first-order valence-corrected chi connectivity index (χ1v) is 12.3. The quantitative estimate of drug-likeness (QED) is 0.180. The summed E-state index contributed by atoms with van der Waals surface area (Å²) in [7, 11) is 7.66. The molecule has 1 atom stereocenters. The van der Waals surface area contributed by atoms with Crippen LogP contribution in [0.1, 0.15) is 16.7 Å². The third-order valence-electron chi connectivity index (χ3n) is 5.94. The van der Waals surface area contributed by atoms with Crippen molar-refractivity contribution in [1.82, 2.24) is 5.32 Å². The van der Waals surface area contributed by atoms with Crippen LogP contribution in [-0.4, -0.2) is 65.9 Å². The molecule has 0 aromatic heterocycles. The summed E-state index contributed by atoms with van der Waals surface area (Å²) in [5, 5.41) is 13.6. The van der Waals surface area contributed by atoms with Crippen molar-refractivity contribution in [1.29, 1.82) is 0 Å². The van der Waals surface area contributed by atoms with Crippen LogP contribution in [0, 0.1) is 0 Å². The molecule has 0 amide bonds. The summed E-state index contributed by atoms with van der Waals surface area (Å²) >= 11 is 0. The number of methoxy groups -OCH3 is 5. The van der Waals surface area contributed by atoms with E-state index in [1.807, 2.05) is 18.2 Å². The lowest BCUT2D eigenvalue weighted by atomic mass is 10.0. The zero-order chi connectivity index (χ0) is 28.2. The Balaban J connectivity index is 1.60. The molecular formula is C30H35NO8. The number of aliphatic hydroxyl groups excluding tert-OH is 1. The molecule has 0 radical (unpaired) electrons. The van der Waals surface area contributed by atoms with Crippen molar-refractivity contribution < 1.29 is 38.3 Å². The van der Waals surface area contributed by atoms with E-state index in [0.29, 0.717) is 58.5 Å². The van der Waals surface area contributed by atoms with Gasteiger partial charge < -0.3 is 38.8 Å². The van der Waals surface area contributed by atoms with Crippen LogP contribution in [-0.2, 0) is 16.1 Å². The summed E-state index contributed by atoms with van der Waals surface area (Å²) in [5.41, 5.74) is 2.64. The maximum atomic E-state index is 12.6. The molecule has 9 nitrogen and oxygen atoms in total. The van der Waals surface area contributed by atoms with Gasteiger partial charge in [-0.1, -0.05) is 18.2 Å². The van der Waals surface area contributed by atoms with Crippen molar-refractivity contribution in [2.24, 2.45) is 0 Å². The van der Waals surface area contributed by atoms with Gasteiger partial charge in [0.05, 0.1) is 41.1 Å². The van der Waals surface area contributed by atoms with Crippen molar-refractivity contribution >= 4 is 17.6 Å². The molecule has 0 heterocycles. The second-order valence-corrected chi connectivity index (χ2v) is 8.46. The Kier molecular flexibility index (Phi) is 11.0. The molecular weight excluding hydrogens is 502 g/mol. The van der Waals surface area contributed by atoms with E-state index in [9.17, 15) is 9.90 Å². The number of hydrogen-bond donors (Lipinski definition) is 2. The Morgan fingerprint density at radius 2 is 1.44 bits per heavy atom. The van der Waals surface area contributed by atoms with Crippen LogP contribution in [0.3, 0.4) is 0 Å². The summed E-state index contributed by atoms with van der Waals surface area (Å²) in [6, 6.07) is 17.9. The van der Waals surface area contributed by atoms with Gasteiger partial charge in [-0.25, -0.2) is 4.79 Å². The average molecular weight is 538 g/mol. The highest BCUT2D eigenvalue weighted by Gasteiger charge is 2.15. The summed E-state index contributed by atoms with van der Waals surface area (Å²) in [4.78, 5) is 12.6. The minimum Gasteiger partial charge on any atom is -0.497 e. The molecule has 39 heavy (non-hydrogen) atoms. The number of carbonyl (C=O) groups excluding carboxylic acids is 1. The lowest BCUT2D eigenvalue weighted by Gasteiger charge is -2.15. The molecule has 0 fully saturated rings. The maximum Gasteiger partial charge on any atom is 0.338 e. The van der Waals surface area contributed by atoms with E-state index in [-0.39, 0.29) is 6.61 Å². The van der Waals surface area contributed by atoms with Crippen molar-refractivity contribution in [2.45, 2.75) is 12.6 Å².